The SMILES string of the molecule is Cc1c(C(=O)N2CSCC2C(=O)N2CCSCC2)cnn1C. The van der Waals surface area contributed by atoms with Crippen LogP contribution < -0.4 is 0 Å². The van der Waals surface area contributed by atoms with Crippen LogP contribution in [0.5, 0.6) is 0 Å². The fourth-order valence-corrected chi connectivity index (χ4v) is 4.75. The molecule has 8 heteroatoms. The van der Waals surface area contributed by atoms with E-state index in [2.05, 4.69) is 5.10 Å². The van der Waals surface area contributed by atoms with Crippen LogP contribution in [0.15, 0.2) is 6.20 Å². The number of nitrogens with zero attached hydrogens (tertiary/aromatic N) is 4. The number of amides is 2. The molecule has 1 aromatic rings. The lowest BCUT2D eigenvalue weighted by molar-refractivity contribution is -0.134. The highest BCUT2D eigenvalue weighted by molar-refractivity contribution is 7.99. The van der Waals surface area contributed by atoms with Gasteiger partial charge in [-0.3, -0.25) is 14.3 Å². The Balaban J connectivity index is 1.76. The van der Waals surface area contributed by atoms with Gasteiger partial charge in [0.15, 0.2) is 0 Å². The van der Waals surface area contributed by atoms with Gasteiger partial charge >= 0.3 is 0 Å². The minimum Gasteiger partial charge on any atom is -0.339 e. The summed E-state index contributed by atoms with van der Waals surface area (Å²) in [6.45, 7) is 3.46. The average Bonchev–Trinajstić information content (AvgIpc) is 3.15. The van der Waals surface area contributed by atoms with Crippen molar-refractivity contribution in [3.63, 3.8) is 0 Å². The molecule has 120 valence electrons. The molecule has 2 saturated heterocycles. The Bertz CT molecular complexity index is 583. The largest absolute Gasteiger partial charge is 0.339 e. The molecule has 22 heavy (non-hydrogen) atoms. The van der Waals surface area contributed by atoms with E-state index < -0.39 is 0 Å². The Morgan fingerprint density at radius 3 is 2.64 bits per heavy atom. The Morgan fingerprint density at radius 2 is 2.00 bits per heavy atom. The van der Waals surface area contributed by atoms with Gasteiger partial charge in [0.2, 0.25) is 5.91 Å². The number of aryl methyl sites for hydroxylation is 1. The summed E-state index contributed by atoms with van der Waals surface area (Å²) >= 11 is 3.52. The first-order valence-electron chi connectivity index (χ1n) is 7.33. The summed E-state index contributed by atoms with van der Waals surface area (Å²) in [6, 6.07) is -0.333. The monoisotopic (exact) mass is 340 g/mol. The minimum absolute atomic E-state index is 0.0830. The highest BCUT2D eigenvalue weighted by Gasteiger charge is 2.38. The molecular weight excluding hydrogens is 320 g/mol. The van der Waals surface area contributed by atoms with Gasteiger partial charge in [0.25, 0.3) is 5.91 Å². The third-order valence-electron chi connectivity index (χ3n) is 4.22. The van der Waals surface area contributed by atoms with Crippen molar-refractivity contribution in [3.05, 3.63) is 17.5 Å². The smallest absolute Gasteiger partial charge is 0.258 e. The molecule has 0 radical (unpaired) electrons. The van der Waals surface area contributed by atoms with Crippen LogP contribution >= 0.6 is 23.5 Å². The summed E-state index contributed by atoms with van der Waals surface area (Å²) in [5.41, 5.74) is 1.43. The van der Waals surface area contributed by atoms with Crippen molar-refractivity contribution in [2.45, 2.75) is 13.0 Å². The molecule has 1 aromatic heterocycles. The second-order valence-corrected chi connectivity index (χ2v) is 7.72. The van der Waals surface area contributed by atoms with Crippen molar-refractivity contribution in [1.29, 1.82) is 0 Å². The highest BCUT2D eigenvalue weighted by Crippen LogP contribution is 2.26. The van der Waals surface area contributed by atoms with E-state index in [0.717, 1.165) is 30.3 Å². The quantitative estimate of drug-likeness (QED) is 0.798. The van der Waals surface area contributed by atoms with Crippen molar-refractivity contribution in [1.82, 2.24) is 19.6 Å². The third-order valence-corrected chi connectivity index (χ3v) is 6.17. The van der Waals surface area contributed by atoms with E-state index in [-0.39, 0.29) is 17.9 Å². The molecule has 3 rings (SSSR count). The zero-order valence-corrected chi connectivity index (χ0v) is 14.5. The fraction of sp³-hybridized carbons (Fsp3) is 0.643. The molecule has 3 heterocycles. The number of hydrogen-bond acceptors (Lipinski definition) is 5. The van der Waals surface area contributed by atoms with Gasteiger partial charge in [0.1, 0.15) is 6.04 Å². The molecule has 0 bridgehead atoms. The number of rotatable bonds is 2. The van der Waals surface area contributed by atoms with Crippen LogP contribution in [0.25, 0.3) is 0 Å². The normalized spacial score (nSPS) is 22.2. The van der Waals surface area contributed by atoms with E-state index in [9.17, 15) is 9.59 Å². The second-order valence-electron chi connectivity index (χ2n) is 5.50. The maximum Gasteiger partial charge on any atom is 0.258 e. The number of aromatic nitrogens is 2. The minimum atomic E-state index is -0.333. The number of hydrogen-bond donors (Lipinski definition) is 0. The van der Waals surface area contributed by atoms with Crippen LogP contribution in [0.2, 0.25) is 0 Å². The molecule has 0 N–H and O–H groups in total. The average molecular weight is 340 g/mol. The van der Waals surface area contributed by atoms with E-state index in [1.807, 2.05) is 30.6 Å². The van der Waals surface area contributed by atoms with Crippen molar-refractivity contribution in [2.75, 3.05) is 36.2 Å². The van der Waals surface area contributed by atoms with Gasteiger partial charge in [0, 0.05) is 43.1 Å². The lowest BCUT2D eigenvalue weighted by Gasteiger charge is -2.31. The number of carbonyl (C=O) groups excluding carboxylic acids is 2. The molecule has 2 fully saturated rings. The molecule has 0 aliphatic carbocycles. The van der Waals surface area contributed by atoms with E-state index in [0.29, 0.717) is 17.2 Å². The van der Waals surface area contributed by atoms with Crippen LogP contribution in [0, 0.1) is 6.92 Å². The summed E-state index contributed by atoms with van der Waals surface area (Å²) in [6.07, 6.45) is 1.60. The van der Waals surface area contributed by atoms with Crippen LogP contribution in [-0.4, -0.2) is 73.7 Å². The van der Waals surface area contributed by atoms with Crippen LogP contribution in [0.1, 0.15) is 16.1 Å². The molecule has 1 unspecified atom stereocenters. The molecule has 2 amide bonds. The van der Waals surface area contributed by atoms with Crippen molar-refractivity contribution in [2.24, 2.45) is 7.05 Å². The fourth-order valence-electron chi connectivity index (χ4n) is 2.71. The Labute approximate surface area is 138 Å². The Hall–Kier alpha value is -1.15. The Kier molecular flexibility index (Phi) is 4.67. The maximum atomic E-state index is 12.8. The van der Waals surface area contributed by atoms with Gasteiger partial charge < -0.3 is 9.80 Å². The first-order valence-corrected chi connectivity index (χ1v) is 9.64. The van der Waals surface area contributed by atoms with Gasteiger partial charge in [0.05, 0.1) is 17.6 Å². The molecule has 6 nitrogen and oxygen atoms in total. The van der Waals surface area contributed by atoms with Crippen molar-refractivity contribution >= 4 is 35.3 Å². The zero-order valence-electron chi connectivity index (χ0n) is 12.8. The lowest BCUT2D eigenvalue weighted by atomic mass is 10.2. The van der Waals surface area contributed by atoms with Gasteiger partial charge in [-0.25, -0.2) is 0 Å². The molecular formula is C14H20N4O2S2. The van der Waals surface area contributed by atoms with E-state index in [1.54, 1.807) is 27.5 Å². The standard InChI is InChI=1S/C14H20N4O2S2/c1-10-11(7-15-16(10)2)13(19)18-9-22-8-12(18)14(20)17-3-5-21-6-4-17/h7,12H,3-6,8-9H2,1-2H3. The number of carbonyl (C=O) groups is 2. The molecule has 1 atom stereocenters. The van der Waals surface area contributed by atoms with Crippen LogP contribution in [0.3, 0.4) is 0 Å². The predicted molar refractivity (Wildman–Crippen MR) is 89.1 cm³/mol. The van der Waals surface area contributed by atoms with Gasteiger partial charge in [-0.1, -0.05) is 0 Å². The van der Waals surface area contributed by atoms with Crippen molar-refractivity contribution in [3.8, 4) is 0 Å². The van der Waals surface area contributed by atoms with Gasteiger partial charge in [-0.05, 0) is 6.92 Å². The van der Waals surface area contributed by atoms with Gasteiger partial charge in [-0.15, -0.1) is 11.8 Å². The predicted octanol–water partition coefficient (Wildman–Crippen LogP) is 0.819. The summed E-state index contributed by atoms with van der Waals surface area (Å²) in [4.78, 5) is 29.1. The first-order chi connectivity index (χ1) is 10.6. The maximum absolute atomic E-state index is 12.8. The summed E-state index contributed by atoms with van der Waals surface area (Å²) in [5, 5.41) is 4.13. The highest BCUT2D eigenvalue weighted by atomic mass is 32.2. The lowest BCUT2D eigenvalue weighted by Crippen LogP contribution is -2.51. The van der Waals surface area contributed by atoms with E-state index in [4.69, 9.17) is 0 Å². The van der Waals surface area contributed by atoms with Crippen molar-refractivity contribution < 1.29 is 9.59 Å². The van der Waals surface area contributed by atoms with Crippen LogP contribution in [0.4, 0.5) is 0 Å². The second kappa shape index (κ2) is 6.54. The topological polar surface area (TPSA) is 58.4 Å². The third kappa shape index (κ3) is 2.86. The summed E-state index contributed by atoms with van der Waals surface area (Å²) in [5.74, 6) is 3.25. The zero-order chi connectivity index (χ0) is 15.7. The van der Waals surface area contributed by atoms with Crippen LogP contribution in [-0.2, 0) is 11.8 Å². The molecule has 0 spiro atoms. The summed E-state index contributed by atoms with van der Waals surface area (Å²) in [7, 11) is 1.82. The molecule has 0 aromatic carbocycles. The van der Waals surface area contributed by atoms with E-state index >= 15 is 0 Å². The first kappa shape index (κ1) is 15.7. The van der Waals surface area contributed by atoms with Gasteiger partial charge in [-0.2, -0.15) is 16.9 Å². The number of thioether (sulfide) groups is 2. The Morgan fingerprint density at radius 1 is 1.27 bits per heavy atom. The molecule has 2 aliphatic heterocycles. The summed E-state index contributed by atoms with van der Waals surface area (Å²) < 4.78 is 1.69. The van der Waals surface area contributed by atoms with E-state index in [1.165, 1.54) is 0 Å². The molecule has 2 aliphatic rings. The molecule has 0 saturated carbocycles.